The second kappa shape index (κ2) is 8.65. The molecule has 0 aromatic carbocycles. The zero-order chi connectivity index (χ0) is 25.6. The molecule has 0 spiro atoms. The van der Waals surface area contributed by atoms with Crippen LogP contribution in [-0.4, -0.2) is 36.3 Å². The first kappa shape index (κ1) is 25.6. The van der Waals surface area contributed by atoms with Crippen LogP contribution in [0, 0.1) is 19.3 Å². The number of aliphatic hydroxyl groups is 1. The number of pyridine rings is 2. The largest absolute Gasteiger partial charge is 0.460 e. The van der Waals surface area contributed by atoms with Gasteiger partial charge < -0.3 is 9.84 Å². The minimum atomic E-state index is -4.67. The number of rotatable bonds is 5. The summed E-state index contributed by atoms with van der Waals surface area (Å²) in [5.74, 6) is -2.32. The average molecular weight is 479 g/mol. The van der Waals surface area contributed by atoms with Crippen LogP contribution >= 0.6 is 0 Å². The van der Waals surface area contributed by atoms with E-state index < -0.39 is 34.9 Å². The molecule has 34 heavy (non-hydrogen) atoms. The Morgan fingerprint density at radius 1 is 1.09 bits per heavy atom. The van der Waals surface area contributed by atoms with Crippen LogP contribution in [0.25, 0.3) is 5.65 Å². The number of hydrogen-bond donors (Lipinski definition) is 1. The van der Waals surface area contributed by atoms with Crippen LogP contribution in [0.5, 0.6) is 0 Å². The molecule has 3 heterocycles. The third-order valence-electron chi connectivity index (χ3n) is 5.75. The van der Waals surface area contributed by atoms with Gasteiger partial charge in [-0.05, 0) is 77.3 Å². The zero-order valence-electron chi connectivity index (χ0n) is 20.3. The molecule has 0 saturated carbocycles. The Bertz CT molecular complexity index is 1230. The summed E-state index contributed by atoms with van der Waals surface area (Å²) < 4.78 is 46.7. The van der Waals surface area contributed by atoms with Gasteiger partial charge in [-0.25, -0.2) is 0 Å². The molecule has 3 rings (SSSR count). The van der Waals surface area contributed by atoms with E-state index in [2.05, 4.69) is 15.2 Å². The lowest BCUT2D eigenvalue weighted by Gasteiger charge is -2.36. The second-order valence-electron chi connectivity index (χ2n) is 9.93. The van der Waals surface area contributed by atoms with Crippen LogP contribution in [0.3, 0.4) is 0 Å². The Morgan fingerprint density at radius 3 is 2.29 bits per heavy atom. The standard InChI is InChI=1S/C24H29F3N4O3/c1-13-8-9-16(28-17(13)12-32)18(23(6,7)21(33)34-22(3,4)5)15-10-11-31-19(14(15)2)29-30-20(31)24(25,26)27/h8-11,18,32H,12H2,1-7H3. The monoisotopic (exact) mass is 478 g/mol. The first-order valence-electron chi connectivity index (χ1n) is 10.8. The van der Waals surface area contributed by atoms with Crippen molar-refractivity contribution in [3.8, 4) is 0 Å². The maximum atomic E-state index is 13.4. The van der Waals surface area contributed by atoms with E-state index in [4.69, 9.17) is 4.74 Å². The molecule has 0 aliphatic heterocycles. The van der Waals surface area contributed by atoms with Crippen LogP contribution in [0.2, 0.25) is 0 Å². The van der Waals surface area contributed by atoms with E-state index in [1.54, 1.807) is 53.7 Å². The summed E-state index contributed by atoms with van der Waals surface area (Å²) in [6, 6.07) is 5.07. The van der Waals surface area contributed by atoms with Crippen LogP contribution < -0.4 is 0 Å². The van der Waals surface area contributed by atoms with Crippen LogP contribution in [-0.2, 0) is 22.3 Å². The molecule has 3 aromatic heterocycles. The molecule has 3 aromatic rings. The van der Waals surface area contributed by atoms with Gasteiger partial charge in [0.2, 0.25) is 5.82 Å². The Labute approximate surface area is 196 Å². The molecule has 0 aliphatic rings. The quantitative estimate of drug-likeness (QED) is 0.532. The van der Waals surface area contributed by atoms with Gasteiger partial charge in [-0.15, -0.1) is 10.2 Å². The predicted octanol–water partition coefficient (Wildman–Crippen LogP) is 4.75. The van der Waals surface area contributed by atoms with Gasteiger partial charge in [-0.1, -0.05) is 6.07 Å². The zero-order valence-corrected chi connectivity index (χ0v) is 20.3. The number of alkyl halides is 3. The smallest absolute Gasteiger partial charge is 0.452 e. The van der Waals surface area contributed by atoms with Gasteiger partial charge in [0.05, 0.1) is 17.7 Å². The topological polar surface area (TPSA) is 89.6 Å². The minimum Gasteiger partial charge on any atom is -0.460 e. The number of ether oxygens (including phenoxy) is 1. The van der Waals surface area contributed by atoms with Crippen molar-refractivity contribution < 1.29 is 27.8 Å². The van der Waals surface area contributed by atoms with Crippen molar-refractivity contribution in [2.24, 2.45) is 5.41 Å². The minimum absolute atomic E-state index is 0.0318. The van der Waals surface area contributed by atoms with Crippen molar-refractivity contribution in [2.75, 3.05) is 0 Å². The lowest BCUT2D eigenvalue weighted by molar-refractivity contribution is -0.166. The van der Waals surface area contributed by atoms with Crippen LogP contribution in [0.4, 0.5) is 13.2 Å². The number of carbonyl (C=O) groups is 1. The number of carbonyl (C=O) groups excluding carboxylic acids is 1. The van der Waals surface area contributed by atoms with Gasteiger partial charge >= 0.3 is 12.1 Å². The second-order valence-corrected chi connectivity index (χ2v) is 9.93. The first-order valence-corrected chi connectivity index (χ1v) is 10.8. The molecule has 0 radical (unpaired) electrons. The molecule has 10 heteroatoms. The fourth-order valence-electron chi connectivity index (χ4n) is 3.96. The van der Waals surface area contributed by atoms with Gasteiger partial charge in [0.1, 0.15) is 5.60 Å². The third-order valence-corrected chi connectivity index (χ3v) is 5.75. The van der Waals surface area contributed by atoms with Crippen LogP contribution in [0.1, 0.15) is 74.4 Å². The highest BCUT2D eigenvalue weighted by molar-refractivity contribution is 5.79. The number of halogens is 3. The van der Waals surface area contributed by atoms with Gasteiger partial charge in [0, 0.05) is 17.8 Å². The molecule has 0 amide bonds. The van der Waals surface area contributed by atoms with E-state index in [0.29, 0.717) is 22.5 Å². The summed E-state index contributed by atoms with van der Waals surface area (Å²) >= 11 is 0. The first-order chi connectivity index (χ1) is 15.6. The molecule has 0 fully saturated rings. The number of nitrogens with zero attached hydrogens (tertiary/aromatic N) is 4. The van der Waals surface area contributed by atoms with E-state index in [1.807, 2.05) is 6.92 Å². The molecular weight excluding hydrogens is 449 g/mol. The van der Waals surface area contributed by atoms with Crippen molar-refractivity contribution in [1.82, 2.24) is 19.6 Å². The molecule has 0 bridgehead atoms. The predicted molar refractivity (Wildman–Crippen MR) is 119 cm³/mol. The van der Waals surface area contributed by atoms with Crippen molar-refractivity contribution >= 4 is 11.6 Å². The molecule has 1 N–H and O–H groups in total. The highest BCUT2D eigenvalue weighted by Gasteiger charge is 2.44. The number of hydrogen-bond acceptors (Lipinski definition) is 6. The van der Waals surface area contributed by atoms with Crippen molar-refractivity contribution in [1.29, 1.82) is 0 Å². The van der Waals surface area contributed by atoms with Gasteiger partial charge in [0.15, 0.2) is 5.65 Å². The van der Waals surface area contributed by atoms with Crippen molar-refractivity contribution in [3.05, 3.63) is 58.3 Å². The summed E-state index contributed by atoms with van der Waals surface area (Å²) in [7, 11) is 0. The SMILES string of the molecule is Cc1ccc(C(c2ccn3c(C(F)(F)F)nnc3c2C)C(C)(C)C(=O)OC(C)(C)C)nc1CO. The van der Waals surface area contributed by atoms with Gasteiger partial charge in [-0.3, -0.25) is 14.2 Å². The van der Waals surface area contributed by atoms with E-state index in [9.17, 15) is 23.1 Å². The highest BCUT2D eigenvalue weighted by Crippen LogP contribution is 2.44. The molecule has 0 saturated heterocycles. The maximum absolute atomic E-state index is 13.4. The van der Waals surface area contributed by atoms with Crippen molar-refractivity contribution in [3.63, 3.8) is 0 Å². The molecule has 1 unspecified atom stereocenters. The van der Waals surface area contributed by atoms with E-state index >= 15 is 0 Å². The fraction of sp³-hybridized carbons (Fsp3) is 0.500. The van der Waals surface area contributed by atoms with Crippen molar-refractivity contribution in [2.45, 2.75) is 72.8 Å². The number of aromatic nitrogens is 4. The summed E-state index contributed by atoms with van der Waals surface area (Å²) in [5.41, 5.74) is 0.812. The van der Waals surface area contributed by atoms with E-state index in [0.717, 1.165) is 9.96 Å². The third kappa shape index (κ3) is 4.77. The van der Waals surface area contributed by atoms with Gasteiger partial charge in [0.25, 0.3) is 0 Å². The fourth-order valence-corrected chi connectivity index (χ4v) is 3.96. The Hall–Kier alpha value is -3.01. The average Bonchev–Trinajstić information content (AvgIpc) is 3.15. The summed E-state index contributed by atoms with van der Waals surface area (Å²) in [6.45, 7) is 11.8. The Balaban J connectivity index is 2.27. The number of esters is 1. The number of aryl methyl sites for hydroxylation is 2. The van der Waals surface area contributed by atoms with Crippen LogP contribution in [0.15, 0.2) is 24.4 Å². The maximum Gasteiger partial charge on any atom is 0.452 e. The summed E-state index contributed by atoms with van der Waals surface area (Å²) in [6.07, 6.45) is -3.42. The summed E-state index contributed by atoms with van der Waals surface area (Å²) in [4.78, 5) is 17.9. The molecule has 184 valence electrons. The lowest BCUT2D eigenvalue weighted by atomic mass is 9.71. The molecule has 1 atom stereocenters. The van der Waals surface area contributed by atoms with E-state index in [1.165, 1.54) is 12.3 Å². The highest BCUT2D eigenvalue weighted by atomic mass is 19.4. The normalized spacial score (nSPS) is 13.9. The Morgan fingerprint density at radius 2 is 1.74 bits per heavy atom. The Kier molecular flexibility index (Phi) is 6.51. The number of aliphatic hydroxyl groups excluding tert-OH is 1. The molecule has 0 aliphatic carbocycles. The summed E-state index contributed by atoms with van der Waals surface area (Å²) in [5, 5.41) is 16.9. The molecular formula is C24H29F3N4O3. The van der Waals surface area contributed by atoms with E-state index in [-0.39, 0.29) is 12.3 Å². The molecule has 7 nitrogen and oxygen atoms in total. The number of fused-ring (bicyclic) bond motifs is 1. The van der Waals surface area contributed by atoms with Gasteiger partial charge in [-0.2, -0.15) is 13.2 Å². The lowest BCUT2D eigenvalue weighted by Crippen LogP contribution is -2.39.